The van der Waals surface area contributed by atoms with Gasteiger partial charge in [0.25, 0.3) is 5.91 Å². The number of carbonyl (C=O) groups is 2. The lowest BCUT2D eigenvalue weighted by Gasteiger charge is -2.35. The Bertz CT molecular complexity index is 958. The van der Waals surface area contributed by atoms with Crippen molar-refractivity contribution in [2.75, 3.05) is 43.9 Å². The van der Waals surface area contributed by atoms with Gasteiger partial charge < -0.3 is 25.5 Å². The van der Waals surface area contributed by atoms with Gasteiger partial charge in [-0.3, -0.25) is 9.59 Å². The maximum absolute atomic E-state index is 13.1. The molecule has 0 spiro atoms. The molecule has 148 valence electrons. The lowest BCUT2D eigenvalue weighted by atomic mass is 10.0. The first kappa shape index (κ1) is 17.2. The molecule has 5 rings (SSSR count). The highest BCUT2D eigenvalue weighted by atomic mass is 16.3. The van der Waals surface area contributed by atoms with Crippen molar-refractivity contribution in [2.24, 2.45) is 5.92 Å². The molecule has 5 heterocycles. The predicted octanol–water partition coefficient (Wildman–Crippen LogP) is -0.380. The second kappa shape index (κ2) is 6.33. The molecule has 3 aliphatic rings. The van der Waals surface area contributed by atoms with Gasteiger partial charge >= 0.3 is 0 Å². The third-order valence-corrected chi connectivity index (χ3v) is 5.96. The van der Waals surface area contributed by atoms with E-state index in [1.165, 1.54) is 6.20 Å². The summed E-state index contributed by atoms with van der Waals surface area (Å²) >= 11 is 0. The Morgan fingerprint density at radius 1 is 1.21 bits per heavy atom. The first-order valence-electron chi connectivity index (χ1n) is 9.61. The standard InChI is InChI=1S/C18H23N7O3/c1-19-15-4-14-21-11-2-3-16(27)23(8-11)6-10-7-24(9-13(10)26)18(28)12-5-20-25(15)17(12)22-14/h4-5,10-11,13,19,26H,2-3,6-9H2,1H3,(H,21,22)/t10?,11?,13-/m1/s1. The maximum Gasteiger partial charge on any atom is 0.259 e. The normalized spacial score (nSPS) is 27.4. The summed E-state index contributed by atoms with van der Waals surface area (Å²) < 4.78 is 1.61. The molecule has 0 radical (unpaired) electrons. The van der Waals surface area contributed by atoms with Crippen molar-refractivity contribution in [3.05, 3.63) is 17.8 Å². The van der Waals surface area contributed by atoms with Crippen molar-refractivity contribution >= 4 is 29.1 Å². The summed E-state index contributed by atoms with van der Waals surface area (Å²) in [7, 11) is 1.79. The first-order valence-corrected chi connectivity index (χ1v) is 9.61. The Morgan fingerprint density at radius 3 is 2.86 bits per heavy atom. The molecule has 2 unspecified atom stereocenters. The quantitative estimate of drug-likeness (QED) is 0.613. The summed E-state index contributed by atoms with van der Waals surface area (Å²) in [4.78, 5) is 33.6. The van der Waals surface area contributed by atoms with Crippen LogP contribution >= 0.6 is 0 Å². The van der Waals surface area contributed by atoms with Gasteiger partial charge in [-0.2, -0.15) is 9.61 Å². The van der Waals surface area contributed by atoms with E-state index in [-0.39, 0.29) is 30.3 Å². The zero-order valence-corrected chi connectivity index (χ0v) is 15.6. The number of nitrogens with zero attached hydrogens (tertiary/aromatic N) is 5. The zero-order chi connectivity index (χ0) is 19.4. The number of carbonyl (C=O) groups excluding carboxylic acids is 2. The largest absolute Gasteiger partial charge is 0.391 e. The summed E-state index contributed by atoms with van der Waals surface area (Å²) in [6.07, 6.45) is 2.07. The molecule has 0 aromatic carbocycles. The summed E-state index contributed by atoms with van der Waals surface area (Å²) in [5.74, 6) is 1.10. The summed E-state index contributed by atoms with van der Waals surface area (Å²) in [5, 5.41) is 21.3. The molecule has 2 amide bonds. The van der Waals surface area contributed by atoms with Gasteiger partial charge in [-0.25, -0.2) is 4.98 Å². The Balaban J connectivity index is 1.63. The van der Waals surface area contributed by atoms with Gasteiger partial charge in [0.1, 0.15) is 17.2 Å². The lowest BCUT2D eigenvalue weighted by Crippen LogP contribution is -2.48. The van der Waals surface area contributed by atoms with Crippen LogP contribution < -0.4 is 10.6 Å². The van der Waals surface area contributed by atoms with Crippen molar-refractivity contribution in [1.82, 2.24) is 24.4 Å². The highest BCUT2D eigenvalue weighted by Gasteiger charge is 2.38. The van der Waals surface area contributed by atoms with Crippen molar-refractivity contribution in [2.45, 2.75) is 25.0 Å². The van der Waals surface area contributed by atoms with Gasteiger partial charge in [-0.15, -0.1) is 0 Å². The molecular formula is C18H23N7O3. The maximum atomic E-state index is 13.1. The molecule has 2 fully saturated rings. The number of rotatable bonds is 1. The van der Waals surface area contributed by atoms with Gasteiger partial charge in [0.05, 0.1) is 12.3 Å². The van der Waals surface area contributed by atoms with Crippen molar-refractivity contribution in [3.63, 3.8) is 0 Å². The Kier molecular flexibility index (Phi) is 3.90. The Labute approximate surface area is 161 Å². The zero-order valence-electron chi connectivity index (χ0n) is 15.6. The number of amides is 2. The Morgan fingerprint density at radius 2 is 2.04 bits per heavy atom. The minimum Gasteiger partial charge on any atom is -0.391 e. The fraction of sp³-hybridized carbons (Fsp3) is 0.556. The molecule has 28 heavy (non-hydrogen) atoms. The lowest BCUT2D eigenvalue weighted by molar-refractivity contribution is -0.134. The predicted molar refractivity (Wildman–Crippen MR) is 101 cm³/mol. The fourth-order valence-corrected chi connectivity index (χ4v) is 4.44. The van der Waals surface area contributed by atoms with E-state index in [0.717, 1.165) is 6.42 Å². The van der Waals surface area contributed by atoms with E-state index in [1.54, 1.807) is 16.5 Å². The van der Waals surface area contributed by atoms with E-state index in [0.29, 0.717) is 48.9 Å². The summed E-state index contributed by atoms with van der Waals surface area (Å²) in [6.45, 7) is 1.68. The van der Waals surface area contributed by atoms with Crippen LogP contribution in [0.4, 0.5) is 11.6 Å². The van der Waals surface area contributed by atoms with E-state index in [1.807, 2.05) is 11.0 Å². The van der Waals surface area contributed by atoms with Crippen molar-refractivity contribution in [1.29, 1.82) is 0 Å². The molecular weight excluding hydrogens is 362 g/mol. The molecule has 3 atom stereocenters. The van der Waals surface area contributed by atoms with Crippen LogP contribution in [0.3, 0.4) is 0 Å². The summed E-state index contributed by atoms with van der Waals surface area (Å²) in [5.41, 5.74) is 0.881. The molecule has 3 aliphatic heterocycles. The highest BCUT2D eigenvalue weighted by Crippen LogP contribution is 2.27. The molecule has 0 aliphatic carbocycles. The second-order valence-electron chi connectivity index (χ2n) is 7.79. The number of aliphatic hydroxyl groups is 1. The molecule has 2 saturated heterocycles. The van der Waals surface area contributed by atoms with Gasteiger partial charge in [-0.05, 0) is 6.42 Å². The number of nitrogens with one attached hydrogen (secondary N) is 2. The third kappa shape index (κ3) is 2.67. The number of aliphatic hydroxyl groups excluding tert-OH is 1. The molecule has 0 saturated carbocycles. The minimum atomic E-state index is -0.647. The molecule has 10 nitrogen and oxygen atoms in total. The first-order chi connectivity index (χ1) is 13.5. The van der Waals surface area contributed by atoms with Crippen LogP contribution in [0.5, 0.6) is 0 Å². The number of aromatic nitrogens is 3. The fourth-order valence-electron chi connectivity index (χ4n) is 4.44. The second-order valence-corrected chi connectivity index (χ2v) is 7.79. The average Bonchev–Trinajstić information content (AvgIpc) is 3.26. The molecule has 2 aromatic heterocycles. The van der Waals surface area contributed by atoms with E-state index in [2.05, 4.69) is 20.7 Å². The number of piperidine rings is 1. The van der Waals surface area contributed by atoms with Crippen LogP contribution in [0, 0.1) is 5.92 Å². The van der Waals surface area contributed by atoms with Crippen LogP contribution in [0.1, 0.15) is 23.2 Å². The van der Waals surface area contributed by atoms with E-state index < -0.39 is 6.10 Å². The van der Waals surface area contributed by atoms with Gasteiger partial charge in [0, 0.05) is 57.7 Å². The van der Waals surface area contributed by atoms with E-state index in [4.69, 9.17) is 0 Å². The van der Waals surface area contributed by atoms with Gasteiger partial charge in [0.15, 0.2) is 5.65 Å². The topological polar surface area (TPSA) is 115 Å². The van der Waals surface area contributed by atoms with Crippen LogP contribution in [0.15, 0.2) is 12.3 Å². The summed E-state index contributed by atoms with van der Waals surface area (Å²) in [6, 6.07) is 1.92. The van der Waals surface area contributed by atoms with E-state index in [9.17, 15) is 14.7 Å². The Hall–Kier alpha value is -2.88. The average molecular weight is 385 g/mol. The number of hydrogen-bond donors (Lipinski definition) is 3. The van der Waals surface area contributed by atoms with Crippen LogP contribution in [0.25, 0.3) is 5.65 Å². The van der Waals surface area contributed by atoms with Gasteiger partial charge in [0.2, 0.25) is 5.91 Å². The van der Waals surface area contributed by atoms with Crippen LogP contribution in [-0.4, -0.2) is 86.7 Å². The van der Waals surface area contributed by atoms with Crippen molar-refractivity contribution < 1.29 is 14.7 Å². The van der Waals surface area contributed by atoms with Gasteiger partial charge in [-0.1, -0.05) is 0 Å². The SMILES string of the molecule is CNc1cc2nc3c(cnn13)C(=O)N1CC(CN3CC(CCC3=O)N2)[C@H](O)C1. The smallest absolute Gasteiger partial charge is 0.259 e. The third-order valence-electron chi connectivity index (χ3n) is 5.96. The molecule has 6 bridgehead atoms. The molecule has 3 N–H and O–H groups in total. The van der Waals surface area contributed by atoms with Crippen LogP contribution in [0.2, 0.25) is 0 Å². The number of anilines is 2. The number of hydrogen-bond acceptors (Lipinski definition) is 7. The highest BCUT2D eigenvalue weighted by molar-refractivity contribution is 6.00. The number of fused-ring (bicyclic) bond motifs is 5. The molecule has 2 aromatic rings. The monoisotopic (exact) mass is 385 g/mol. The molecule has 10 heteroatoms. The van der Waals surface area contributed by atoms with Crippen molar-refractivity contribution in [3.8, 4) is 0 Å². The minimum absolute atomic E-state index is 0.0647. The van der Waals surface area contributed by atoms with Crippen LogP contribution in [-0.2, 0) is 4.79 Å². The van der Waals surface area contributed by atoms with E-state index >= 15 is 0 Å².